The molecule has 0 aromatic heterocycles. The lowest BCUT2D eigenvalue weighted by molar-refractivity contribution is -0.126. The minimum atomic E-state index is -0.528. The largest absolute Gasteiger partial charge is 0.356 e. The molecule has 1 atom stereocenters. The highest BCUT2D eigenvalue weighted by molar-refractivity contribution is 6.31. The van der Waals surface area contributed by atoms with Crippen molar-refractivity contribution in [3.63, 3.8) is 0 Å². The Hall–Kier alpha value is -1.62. The van der Waals surface area contributed by atoms with E-state index in [1.807, 2.05) is 0 Å². The van der Waals surface area contributed by atoms with Crippen molar-refractivity contribution in [2.45, 2.75) is 26.7 Å². The number of nitrogens with zero attached hydrogens (tertiary/aromatic N) is 1. The van der Waals surface area contributed by atoms with Crippen LogP contribution in [0.1, 0.15) is 26.7 Å². The van der Waals surface area contributed by atoms with Crippen LogP contribution in [0, 0.1) is 17.7 Å². The molecular formula is C16H20ClFN2O2. The van der Waals surface area contributed by atoms with Crippen LogP contribution in [-0.4, -0.2) is 24.9 Å². The summed E-state index contributed by atoms with van der Waals surface area (Å²) in [4.78, 5) is 25.7. The molecule has 1 heterocycles. The van der Waals surface area contributed by atoms with Gasteiger partial charge in [-0.2, -0.15) is 0 Å². The average Bonchev–Trinajstić information content (AvgIpc) is 2.83. The van der Waals surface area contributed by atoms with Crippen molar-refractivity contribution in [3.05, 3.63) is 29.0 Å². The van der Waals surface area contributed by atoms with Gasteiger partial charge < -0.3 is 10.2 Å². The summed E-state index contributed by atoms with van der Waals surface area (Å²) < 4.78 is 13.2. The number of anilines is 1. The Morgan fingerprint density at radius 1 is 1.50 bits per heavy atom. The summed E-state index contributed by atoms with van der Waals surface area (Å²) in [5.41, 5.74) is 0.522. The highest BCUT2D eigenvalue weighted by Gasteiger charge is 2.35. The van der Waals surface area contributed by atoms with Crippen LogP contribution in [-0.2, 0) is 9.59 Å². The zero-order chi connectivity index (χ0) is 16.3. The molecule has 0 spiro atoms. The molecule has 1 aliphatic rings. The zero-order valence-electron chi connectivity index (χ0n) is 12.7. The maximum atomic E-state index is 13.2. The summed E-state index contributed by atoms with van der Waals surface area (Å²) in [5.74, 6) is -0.636. The van der Waals surface area contributed by atoms with Gasteiger partial charge in [0.15, 0.2) is 0 Å². The third-order valence-corrected chi connectivity index (χ3v) is 4.02. The summed E-state index contributed by atoms with van der Waals surface area (Å²) in [6.07, 6.45) is 1.08. The predicted octanol–water partition coefficient (Wildman–Crippen LogP) is 2.99. The van der Waals surface area contributed by atoms with Crippen LogP contribution >= 0.6 is 11.6 Å². The van der Waals surface area contributed by atoms with Gasteiger partial charge >= 0.3 is 0 Å². The van der Waals surface area contributed by atoms with Crippen LogP contribution < -0.4 is 10.2 Å². The highest BCUT2D eigenvalue weighted by atomic mass is 35.5. The van der Waals surface area contributed by atoms with Crippen LogP contribution in [0.25, 0.3) is 0 Å². The van der Waals surface area contributed by atoms with E-state index >= 15 is 0 Å². The van der Waals surface area contributed by atoms with Gasteiger partial charge in [-0.25, -0.2) is 4.39 Å². The fourth-order valence-corrected chi connectivity index (χ4v) is 2.59. The van der Waals surface area contributed by atoms with E-state index in [0.717, 1.165) is 6.42 Å². The minimum absolute atomic E-state index is 0.0323. The Morgan fingerprint density at radius 2 is 2.23 bits per heavy atom. The van der Waals surface area contributed by atoms with Gasteiger partial charge in [0.25, 0.3) is 0 Å². The Kier molecular flexibility index (Phi) is 5.40. The van der Waals surface area contributed by atoms with Gasteiger partial charge in [0, 0.05) is 25.2 Å². The lowest BCUT2D eigenvalue weighted by Gasteiger charge is -2.17. The van der Waals surface area contributed by atoms with E-state index < -0.39 is 5.82 Å². The van der Waals surface area contributed by atoms with E-state index in [4.69, 9.17) is 11.6 Å². The van der Waals surface area contributed by atoms with E-state index in [9.17, 15) is 14.0 Å². The normalized spacial score (nSPS) is 18.1. The number of carbonyl (C=O) groups excluding carboxylic acids is 2. The Labute approximate surface area is 134 Å². The molecule has 120 valence electrons. The standard InChI is InChI=1S/C16H20ClFN2O2/c1-10(2)5-6-19-16(22)11-7-15(21)20(9-11)12-3-4-14(18)13(17)8-12/h3-4,8,10-11H,5-7,9H2,1-2H3,(H,19,22). The van der Waals surface area contributed by atoms with E-state index in [0.29, 0.717) is 24.7 Å². The molecule has 1 fully saturated rings. The second kappa shape index (κ2) is 7.09. The molecule has 2 amide bonds. The summed E-state index contributed by atoms with van der Waals surface area (Å²) in [6, 6.07) is 4.13. The van der Waals surface area contributed by atoms with Gasteiger partial charge in [0.2, 0.25) is 11.8 Å². The molecule has 1 N–H and O–H groups in total. The van der Waals surface area contributed by atoms with Gasteiger partial charge in [0.1, 0.15) is 5.82 Å². The molecule has 1 aromatic rings. The van der Waals surface area contributed by atoms with Crippen LogP contribution in [0.3, 0.4) is 0 Å². The first-order valence-corrected chi connectivity index (χ1v) is 7.79. The van der Waals surface area contributed by atoms with Gasteiger partial charge in [-0.1, -0.05) is 25.4 Å². The van der Waals surface area contributed by atoms with Crippen LogP contribution in [0.5, 0.6) is 0 Å². The van der Waals surface area contributed by atoms with Crippen LogP contribution in [0.2, 0.25) is 5.02 Å². The topological polar surface area (TPSA) is 49.4 Å². The first-order valence-electron chi connectivity index (χ1n) is 7.41. The SMILES string of the molecule is CC(C)CCNC(=O)C1CC(=O)N(c2ccc(F)c(Cl)c2)C1. The van der Waals surface area contributed by atoms with Gasteiger partial charge in [-0.3, -0.25) is 9.59 Å². The van der Waals surface area contributed by atoms with E-state index in [2.05, 4.69) is 19.2 Å². The molecule has 1 unspecified atom stereocenters. The second-order valence-electron chi connectivity index (χ2n) is 5.98. The summed E-state index contributed by atoms with van der Waals surface area (Å²) >= 11 is 5.74. The Bertz CT molecular complexity index is 577. The van der Waals surface area contributed by atoms with E-state index in [1.165, 1.54) is 23.1 Å². The first kappa shape index (κ1) is 16.7. The van der Waals surface area contributed by atoms with Crippen molar-refractivity contribution in [2.24, 2.45) is 11.8 Å². The summed E-state index contributed by atoms with van der Waals surface area (Å²) in [6.45, 7) is 5.09. The molecular weight excluding hydrogens is 307 g/mol. The van der Waals surface area contributed by atoms with Crippen molar-refractivity contribution >= 4 is 29.1 Å². The third kappa shape index (κ3) is 3.97. The molecule has 2 rings (SSSR count). The maximum absolute atomic E-state index is 13.2. The molecule has 1 saturated heterocycles. The smallest absolute Gasteiger partial charge is 0.227 e. The lowest BCUT2D eigenvalue weighted by atomic mass is 10.1. The number of nitrogens with one attached hydrogen (secondary N) is 1. The molecule has 22 heavy (non-hydrogen) atoms. The minimum Gasteiger partial charge on any atom is -0.356 e. The number of rotatable bonds is 5. The maximum Gasteiger partial charge on any atom is 0.227 e. The molecule has 0 bridgehead atoms. The first-order chi connectivity index (χ1) is 10.4. The summed E-state index contributed by atoms with van der Waals surface area (Å²) in [7, 11) is 0. The predicted molar refractivity (Wildman–Crippen MR) is 84.3 cm³/mol. The van der Waals surface area contributed by atoms with Gasteiger partial charge in [0.05, 0.1) is 10.9 Å². The van der Waals surface area contributed by atoms with E-state index in [1.54, 1.807) is 0 Å². The number of hydrogen-bond donors (Lipinski definition) is 1. The number of carbonyl (C=O) groups is 2. The number of benzene rings is 1. The van der Waals surface area contributed by atoms with Crippen LogP contribution in [0.15, 0.2) is 18.2 Å². The number of hydrogen-bond acceptors (Lipinski definition) is 2. The number of halogens is 2. The molecule has 1 aromatic carbocycles. The van der Waals surface area contributed by atoms with Gasteiger partial charge in [-0.05, 0) is 30.5 Å². The fourth-order valence-electron chi connectivity index (χ4n) is 2.41. The molecule has 0 radical (unpaired) electrons. The summed E-state index contributed by atoms with van der Waals surface area (Å²) in [5, 5.41) is 2.83. The highest BCUT2D eigenvalue weighted by Crippen LogP contribution is 2.28. The van der Waals surface area contributed by atoms with E-state index in [-0.39, 0.29) is 29.2 Å². The van der Waals surface area contributed by atoms with Crippen molar-refractivity contribution in [2.75, 3.05) is 18.0 Å². The third-order valence-electron chi connectivity index (χ3n) is 3.73. The Morgan fingerprint density at radius 3 is 2.86 bits per heavy atom. The molecule has 0 saturated carbocycles. The molecule has 1 aliphatic heterocycles. The van der Waals surface area contributed by atoms with Crippen molar-refractivity contribution in [1.82, 2.24) is 5.32 Å². The lowest BCUT2D eigenvalue weighted by Crippen LogP contribution is -2.33. The quantitative estimate of drug-likeness (QED) is 0.904. The molecule has 4 nitrogen and oxygen atoms in total. The van der Waals surface area contributed by atoms with Crippen LogP contribution in [0.4, 0.5) is 10.1 Å². The van der Waals surface area contributed by atoms with Crippen molar-refractivity contribution in [1.29, 1.82) is 0 Å². The Balaban J connectivity index is 1.98. The molecule has 0 aliphatic carbocycles. The zero-order valence-corrected chi connectivity index (χ0v) is 13.5. The van der Waals surface area contributed by atoms with Gasteiger partial charge in [-0.15, -0.1) is 0 Å². The van der Waals surface area contributed by atoms with Crippen molar-refractivity contribution in [3.8, 4) is 0 Å². The number of amides is 2. The second-order valence-corrected chi connectivity index (χ2v) is 6.38. The average molecular weight is 327 g/mol. The molecule has 6 heteroatoms. The van der Waals surface area contributed by atoms with Crippen molar-refractivity contribution < 1.29 is 14.0 Å². The monoisotopic (exact) mass is 326 g/mol. The fraction of sp³-hybridized carbons (Fsp3) is 0.500.